The van der Waals surface area contributed by atoms with Gasteiger partial charge in [-0.25, -0.2) is 4.39 Å². The third-order valence-corrected chi connectivity index (χ3v) is 3.50. The van der Waals surface area contributed by atoms with E-state index in [2.05, 4.69) is 24.1 Å². The number of halogens is 3. The lowest BCUT2D eigenvalue weighted by Gasteiger charge is -2.12. The molecule has 0 amide bonds. The number of nitrogens with one attached hydrogen (secondary N) is 1. The minimum atomic E-state index is -0.606. The van der Waals surface area contributed by atoms with E-state index in [1.165, 1.54) is 6.07 Å². The number of nitrogens with zero attached hydrogens (tertiary/aromatic N) is 1. The van der Waals surface area contributed by atoms with Gasteiger partial charge < -0.3 is 5.32 Å². The molecule has 19 heavy (non-hydrogen) atoms. The highest BCUT2D eigenvalue weighted by atomic mass is 35.5. The average Bonchev–Trinajstić information content (AvgIpc) is 2.34. The van der Waals surface area contributed by atoms with Crippen molar-refractivity contribution in [3.63, 3.8) is 0 Å². The Morgan fingerprint density at radius 3 is 2.58 bits per heavy atom. The lowest BCUT2D eigenvalue weighted by Crippen LogP contribution is -2.01. The molecular weight excluding hydrogens is 286 g/mol. The molecule has 5 heteroatoms. The molecule has 102 valence electrons. The number of rotatable bonds is 3. The van der Waals surface area contributed by atoms with E-state index in [0.717, 1.165) is 17.8 Å². The molecular formula is C14H15Cl2FN2. The number of fused-ring (bicyclic) bond motifs is 1. The first-order chi connectivity index (χ1) is 8.93. The van der Waals surface area contributed by atoms with Gasteiger partial charge in [0.2, 0.25) is 0 Å². The van der Waals surface area contributed by atoms with Crippen LogP contribution in [0.1, 0.15) is 19.5 Å². The molecule has 2 aromatic rings. The van der Waals surface area contributed by atoms with E-state index in [1.54, 1.807) is 7.05 Å². The Hall–Kier alpha value is -1.06. The van der Waals surface area contributed by atoms with Crippen molar-refractivity contribution in [2.24, 2.45) is 5.92 Å². The van der Waals surface area contributed by atoms with Gasteiger partial charge in [0.25, 0.3) is 0 Å². The highest BCUT2D eigenvalue weighted by Crippen LogP contribution is 2.36. The summed E-state index contributed by atoms with van der Waals surface area (Å²) in [4.78, 5) is 4.51. The predicted molar refractivity (Wildman–Crippen MR) is 79.8 cm³/mol. The van der Waals surface area contributed by atoms with Crippen molar-refractivity contribution in [2.75, 3.05) is 12.4 Å². The first-order valence-electron chi connectivity index (χ1n) is 6.09. The normalized spacial score (nSPS) is 11.3. The third-order valence-electron chi connectivity index (χ3n) is 2.87. The predicted octanol–water partition coefficient (Wildman–Crippen LogP) is 4.92. The molecule has 0 aliphatic carbocycles. The van der Waals surface area contributed by atoms with Crippen LogP contribution in [0, 0.1) is 11.7 Å². The van der Waals surface area contributed by atoms with Gasteiger partial charge in [0.05, 0.1) is 15.6 Å². The lowest BCUT2D eigenvalue weighted by molar-refractivity contribution is 0.629. The fourth-order valence-electron chi connectivity index (χ4n) is 2.07. The number of pyridine rings is 1. The topological polar surface area (TPSA) is 24.9 Å². The Morgan fingerprint density at radius 2 is 2.00 bits per heavy atom. The van der Waals surface area contributed by atoms with Gasteiger partial charge in [-0.1, -0.05) is 37.0 Å². The summed E-state index contributed by atoms with van der Waals surface area (Å²) in [5, 5.41) is 3.61. The minimum Gasteiger partial charge on any atom is -0.387 e. The summed E-state index contributed by atoms with van der Waals surface area (Å²) in [6, 6.07) is 3.42. The summed E-state index contributed by atoms with van der Waals surface area (Å²) >= 11 is 11.9. The van der Waals surface area contributed by atoms with Crippen molar-refractivity contribution < 1.29 is 4.39 Å². The van der Waals surface area contributed by atoms with E-state index in [0.29, 0.717) is 16.8 Å². The van der Waals surface area contributed by atoms with Crippen LogP contribution in [0.25, 0.3) is 10.9 Å². The second kappa shape index (κ2) is 5.51. The molecule has 2 nitrogen and oxygen atoms in total. The highest BCUT2D eigenvalue weighted by Gasteiger charge is 2.15. The van der Waals surface area contributed by atoms with Crippen LogP contribution in [-0.4, -0.2) is 12.0 Å². The fraction of sp³-hybridized carbons (Fsp3) is 0.357. The summed E-state index contributed by atoms with van der Waals surface area (Å²) in [5.74, 6) is -0.119. The van der Waals surface area contributed by atoms with Crippen molar-refractivity contribution in [1.82, 2.24) is 4.98 Å². The number of benzene rings is 1. The summed E-state index contributed by atoms with van der Waals surface area (Å²) in [6.07, 6.45) is 0.844. The van der Waals surface area contributed by atoms with Gasteiger partial charge in [0.1, 0.15) is 0 Å². The molecule has 1 aromatic heterocycles. The maximum absolute atomic E-state index is 13.8. The first-order valence-corrected chi connectivity index (χ1v) is 6.84. The monoisotopic (exact) mass is 300 g/mol. The van der Waals surface area contributed by atoms with E-state index in [1.807, 2.05) is 6.07 Å². The van der Waals surface area contributed by atoms with E-state index in [4.69, 9.17) is 23.2 Å². The fourth-order valence-corrected chi connectivity index (χ4v) is 2.62. The van der Waals surface area contributed by atoms with E-state index in [-0.39, 0.29) is 10.0 Å². The van der Waals surface area contributed by atoms with Crippen LogP contribution in [-0.2, 0) is 6.42 Å². The van der Waals surface area contributed by atoms with Crippen LogP contribution in [0.4, 0.5) is 10.1 Å². The zero-order valence-electron chi connectivity index (χ0n) is 11.0. The van der Waals surface area contributed by atoms with E-state index >= 15 is 0 Å². The molecule has 0 spiro atoms. The van der Waals surface area contributed by atoms with Gasteiger partial charge in [-0.15, -0.1) is 0 Å². The number of anilines is 1. The molecule has 0 saturated carbocycles. The second-order valence-electron chi connectivity index (χ2n) is 4.89. The van der Waals surface area contributed by atoms with Crippen LogP contribution >= 0.6 is 23.2 Å². The molecule has 0 atom stereocenters. The zero-order chi connectivity index (χ0) is 14.2. The minimum absolute atomic E-state index is 0.00579. The van der Waals surface area contributed by atoms with Crippen molar-refractivity contribution in [2.45, 2.75) is 20.3 Å². The van der Waals surface area contributed by atoms with E-state index in [9.17, 15) is 4.39 Å². The van der Waals surface area contributed by atoms with Gasteiger partial charge >= 0.3 is 0 Å². The lowest BCUT2D eigenvalue weighted by atomic mass is 10.1. The molecule has 1 heterocycles. The summed E-state index contributed by atoms with van der Waals surface area (Å²) in [6.45, 7) is 4.24. The van der Waals surface area contributed by atoms with Gasteiger partial charge in [0.15, 0.2) is 5.82 Å². The first kappa shape index (κ1) is 14.4. The van der Waals surface area contributed by atoms with Gasteiger partial charge in [-0.05, 0) is 24.5 Å². The van der Waals surface area contributed by atoms with Crippen LogP contribution in [0.3, 0.4) is 0 Å². The molecule has 0 aliphatic rings. The van der Waals surface area contributed by atoms with Crippen molar-refractivity contribution >= 4 is 39.8 Å². The maximum Gasteiger partial charge on any atom is 0.161 e. The summed E-state index contributed by atoms with van der Waals surface area (Å²) in [7, 11) is 1.77. The van der Waals surface area contributed by atoms with Crippen molar-refractivity contribution in [3.05, 3.63) is 33.7 Å². The van der Waals surface area contributed by atoms with Crippen LogP contribution in [0.15, 0.2) is 12.1 Å². The van der Waals surface area contributed by atoms with Crippen LogP contribution < -0.4 is 5.32 Å². The Morgan fingerprint density at radius 1 is 1.32 bits per heavy atom. The number of hydrogen-bond donors (Lipinski definition) is 1. The second-order valence-corrected chi connectivity index (χ2v) is 5.67. The molecule has 0 bridgehead atoms. The smallest absolute Gasteiger partial charge is 0.161 e. The molecule has 1 N–H and O–H groups in total. The van der Waals surface area contributed by atoms with Gasteiger partial charge in [-0.3, -0.25) is 4.98 Å². The quantitative estimate of drug-likeness (QED) is 0.814. The Labute approximate surface area is 121 Å². The third kappa shape index (κ3) is 2.77. The summed E-state index contributed by atoms with van der Waals surface area (Å²) in [5.41, 5.74) is 2.31. The van der Waals surface area contributed by atoms with Crippen molar-refractivity contribution in [3.8, 4) is 0 Å². The number of hydrogen-bond acceptors (Lipinski definition) is 2. The van der Waals surface area contributed by atoms with Gasteiger partial charge in [0, 0.05) is 23.8 Å². The molecule has 0 aliphatic heterocycles. The number of aromatic nitrogens is 1. The maximum atomic E-state index is 13.8. The Balaban J connectivity index is 2.73. The van der Waals surface area contributed by atoms with Crippen LogP contribution in [0.5, 0.6) is 0 Å². The van der Waals surface area contributed by atoms with Crippen LogP contribution in [0.2, 0.25) is 10.0 Å². The molecule has 2 rings (SSSR count). The molecule has 0 saturated heterocycles. The SMILES string of the molecule is CNc1cc(CC(C)C)nc2cc(Cl)c(F)c(Cl)c12. The molecule has 1 aromatic carbocycles. The average molecular weight is 301 g/mol. The van der Waals surface area contributed by atoms with Crippen molar-refractivity contribution in [1.29, 1.82) is 0 Å². The largest absolute Gasteiger partial charge is 0.387 e. The zero-order valence-corrected chi connectivity index (χ0v) is 12.5. The Kier molecular flexibility index (Phi) is 4.16. The van der Waals surface area contributed by atoms with Gasteiger partial charge in [-0.2, -0.15) is 0 Å². The molecule has 0 radical (unpaired) electrons. The molecule has 0 unspecified atom stereocenters. The van der Waals surface area contributed by atoms with E-state index < -0.39 is 5.82 Å². The summed E-state index contributed by atoms with van der Waals surface area (Å²) < 4.78 is 13.8. The standard InChI is InChI=1S/C14H15Cl2FN2/c1-7(2)4-8-5-10(18-3)12-11(19-8)6-9(15)14(17)13(12)16/h5-7H,4H2,1-3H3,(H,18,19). The highest BCUT2D eigenvalue weighted by molar-refractivity contribution is 6.39. The molecule has 0 fully saturated rings. The Bertz CT molecular complexity index is 627.